The lowest BCUT2D eigenvalue weighted by molar-refractivity contribution is -0.171. The molecule has 0 heterocycles. The van der Waals surface area contributed by atoms with E-state index in [-0.39, 0.29) is 26.1 Å². The zero-order valence-electron chi connectivity index (χ0n) is 23.7. The van der Waals surface area contributed by atoms with Crippen molar-refractivity contribution in [1.82, 2.24) is 0 Å². The molecular formula is C29H44O4Si2. The molecule has 0 aliphatic carbocycles. The van der Waals surface area contributed by atoms with Gasteiger partial charge in [-0.3, -0.25) is 9.59 Å². The Morgan fingerprint density at radius 1 is 0.686 bits per heavy atom. The van der Waals surface area contributed by atoms with Crippen LogP contribution in [0, 0.1) is 52.0 Å². The molecule has 0 bridgehead atoms. The molecule has 0 fully saturated rings. The van der Waals surface area contributed by atoms with E-state index in [0.717, 1.165) is 0 Å². The van der Waals surface area contributed by atoms with Crippen LogP contribution in [0.25, 0.3) is 0 Å². The quantitative estimate of drug-likeness (QED) is 0.165. The molecule has 0 unspecified atom stereocenters. The molecule has 0 aliphatic heterocycles. The molecule has 0 radical (unpaired) electrons. The molecule has 6 heteroatoms. The molecule has 0 N–H and O–H groups in total. The lowest BCUT2D eigenvalue weighted by atomic mass is 9.81. The Hall–Kier alpha value is -2.39. The lowest BCUT2D eigenvalue weighted by Crippen LogP contribution is -2.43. The highest BCUT2D eigenvalue weighted by molar-refractivity contribution is 6.90. The molecule has 0 aromatic carbocycles. The summed E-state index contributed by atoms with van der Waals surface area (Å²) >= 11 is 0. The Morgan fingerprint density at radius 2 is 1.06 bits per heavy atom. The number of ether oxygens (including phenoxy) is 2. The summed E-state index contributed by atoms with van der Waals surface area (Å²) in [6.45, 7) is 23.5. The molecule has 0 atom stereocenters. The van der Waals surface area contributed by atoms with Gasteiger partial charge in [0, 0.05) is 12.8 Å². The minimum absolute atomic E-state index is 0.0736. The van der Waals surface area contributed by atoms with Crippen molar-refractivity contribution in [3.8, 4) is 46.6 Å². The first kappa shape index (κ1) is 32.6. The number of esters is 2. The molecule has 35 heavy (non-hydrogen) atoms. The van der Waals surface area contributed by atoms with Crippen molar-refractivity contribution in [3.05, 3.63) is 0 Å². The van der Waals surface area contributed by atoms with Crippen molar-refractivity contribution in [2.24, 2.45) is 5.41 Å². The second kappa shape index (κ2) is 14.9. The van der Waals surface area contributed by atoms with Gasteiger partial charge in [-0.15, -0.1) is 11.1 Å². The van der Waals surface area contributed by atoms with Gasteiger partial charge in [-0.05, 0) is 54.2 Å². The van der Waals surface area contributed by atoms with Crippen LogP contribution in [0.2, 0.25) is 36.3 Å². The predicted octanol–water partition coefficient (Wildman–Crippen LogP) is 5.99. The van der Waals surface area contributed by atoms with Crippen molar-refractivity contribution in [1.29, 1.82) is 0 Å². The molecule has 0 aliphatic rings. The summed E-state index contributed by atoms with van der Waals surface area (Å²) < 4.78 is 10.5. The van der Waals surface area contributed by atoms with Gasteiger partial charge in [0.2, 0.25) is 0 Å². The summed E-state index contributed by atoms with van der Waals surface area (Å²) in [7, 11) is -3.49. The number of hydrogen-bond acceptors (Lipinski definition) is 4. The van der Waals surface area contributed by atoms with Gasteiger partial charge in [0.1, 0.15) is 16.1 Å². The van der Waals surface area contributed by atoms with E-state index < -0.39 is 33.5 Å². The maximum Gasteiger partial charge on any atom is 0.325 e. The minimum atomic E-state index is -1.92. The summed E-state index contributed by atoms with van der Waals surface area (Å²) in [6, 6.07) is 0. The van der Waals surface area contributed by atoms with Gasteiger partial charge in [0.05, 0.1) is 13.2 Å². The Kier molecular flexibility index (Phi) is 13.9. The Bertz CT molecular complexity index is 931. The third-order valence-corrected chi connectivity index (χ3v) is 13.2. The van der Waals surface area contributed by atoms with Crippen LogP contribution < -0.4 is 0 Å². The summed E-state index contributed by atoms with van der Waals surface area (Å²) in [4.78, 5) is 26.0. The fraction of sp³-hybridized carbons (Fsp3) is 0.655. The second-order valence-corrected chi connectivity index (χ2v) is 21.0. The lowest BCUT2D eigenvalue weighted by Gasteiger charge is -2.37. The van der Waals surface area contributed by atoms with Gasteiger partial charge in [0.25, 0.3) is 0 Å². The van der Waals surface area contributed by atoms with E-state index in [2.05, 4.69) is 108 Å². The molecule has 0 saturated carbocycles. The van der Waals surface area contributed by atoms with Crippen LogP contribution in [-0.4, -0.2) is 41.3 Å². The Balaban J connectivity index is 6.33. The van der Waals surface area contributed by atoms with Crippen molar-refractivity contribution in [3.63, 3.8) is 0 Å². The highest BCUT2D eigenvalue weighted by Crippen LogP contribution is 2.40. The van der Waals surface area contributed by atoms with Crippen molar-refractivity contribution < 1.29 is 19.1 Å². The van der Waals surface area contributed by atoms with E-state index in [1.54, 1.807) is 13.8 Å². The van der Waals surface area contributed by atoms with Crippen molar-refractivity contribution in [2.45, 2.75) is 104 Å². The standard InChI is InChI=1S/C29H44O4Si2/c1-12-32-27(30)29(28(31)33-13-2,20-16-14-18-22-34(9,10)11)21-17-15-19-23-35(24(3)4,25(5)6)26(7)8/h24-26H,12-13,20-21H2,1-11H3. The SMILES string of the molecule is CCOC(=O)C(CC#CC#C[Si](C)(C)C)(CC#CC#C[Si](C(C)C)(C(C)C)C(C)C)C(=O)OCC. The average molecular weight is 513 g/mol. The molecule has 4 nitrogen and oxygen atoms in total. The molecule has 0 rings (SSSR count). The summed E-state index contributed by atoms with van der Waals surface area (Å²) in [6.07, 6.45) is -0.148. The van der Waals surface area contributed by atoms with E-state index in [4.69, 9.17) is 9.47 Å². The van der Waals surface area contributed by atoms with Gasteiger partial charge in [-0.1, -0.05) is 73.0 Å². The van der Waals surface area contributed by atoms with Crippen LogP contribution in [0.5, 0.6) is 0 Å². The van der Waals surface area contributed by atoms with Gasteiger partial charge in [-0.2, -0.15) is 0 Å². The van der Waals surface area contributed by atoms with Crippen LogP contribution in [-0.2, 0) is 19.1 Å². The average Bonchev–Trinajstić information content (AvgIpc) is 2.73. The zero-order chi connectivity index (χ0) is 27.3. The third-order valence-electron chi connectivity index (χ3n) is 6.00. The fourth-order valence-corrected chi connectivity index (χ4v) is 9.83. The second-order valence-electron chi connectivity index (χ2n) is 10.6. The smallest absolute Gasteiger partial charge is 0.325 e. The molecule has 0 aromatic heterocycles. The van der Waals surface area contributed by atoms with Gasteiger partial charge >= 0.3 is 11.9 Å². The fourth-order valence-electron chi connectivity index (χ4n) is 4.24. The summed E-state index contributed by atoms with van der Waals surface area (Å²) in [5.41, 5.74) is 6.54. The first-order valence-corrected chi connectivity index (χ1v) is 18.3. The number of carbonyl (C=O) groups excluding carboxylic acids is 2. The number of carbonyl (C=O) groups is 2. The molecule has 0 aromatic rings. The highest BCUT2D eigenvalue weighted by atomic mass is 28.3. The maximum atomic E-state index is 13.0. The normalized spacial score (nSPS) is 11.3. The minimum Gasteiger partial charge on any atom is -0.465 e. The number of rotatable bonds is 9. The predicted molar refractivity (Wildman–Crippen MR) is 150 cm³/mol. The van der Waals surface area contributed by atoms with Crippen LogP contribution in [0.15, 0.2) is 0 Å². The highest BCUT2D eigenvalue weighted by Gasteiger charge is 2.48. The zero-order valence-corrected chi connectivity index (χ0v) is 25.7. The first-order chi connectivity index (χ1) is 16.2. The Labute approximate surface area is 216 Å². The van der Waals surface area contributed by atoms with Gasteiger partial charge in [0.15, 0.2) is 5.41 Å². The van der Waals surface area contributed by atoms with E-state index in [0.29, 0.717) is 16.6 Å². The molecule has 0 amide bonds. The monoisotopic (exact) mass is 512 g/mol. The van der Waals surface area contributed by atoms with Crippen molar-refractivity contribution >= 4 is 28.1 Å². The molecular weight excluding hydrogens is 468 g/mol. The van der Waals surface area contributed by atoms with E-state index in [9.17, 15) is 9.59 Å². The third kappa shape index (κ3) is 9.65. The molecule has 192 valence electrons. The van der Waals surface area contributed by atoms with Crippen molar-refractivity contribution in [2.75, 3.05) is 13.2 Å². The van der Waals surface area contributed by atoms with Crippen LogP contribution >= 0.6 is 0 Å². The molecule has 0 saturated heterocycles. The van der Waals surface area contributed by atoms with Crippen LogP contribution in [0.4, 0.5) is 0 Å². The molecule has 0 spiro atoms. The summed E-state index contributed by atoms with van der Waals surface area (Å²) in [5, 5.41) is 0. The number of hydrogen-bond donors (Lipinski definition) is 0. The Morgan fingerprint density at radius 3 is 1.37 bits per heavy atom. The van der Waals surface area contributed by atoms with Crippen LogP contribution in [0.3, 0.4) is 0 Å². The van der Waals surface area contributed by atoms with E-state index in [1.165, 1.54) is 0 Å². The van der Waals surface area contributed by atoms with Gasteiger partial charge in [-0.25, -0.2) is 0 Å². The van der Waals surface area contributed by atoms with E-state index in [1.807, 2.05) is 0 Å². The topological polar surface area (TPSA) is 52.6 Å². The maximum absolute atomic E-state index is 13.0. The van der Waals surface area contributed by atoms with E-state index >= 15 is 0 Å². The first-order valence-electron chi connectivity index (χ1n) is 12.6. The summed E-state index contributed by atoms with van der Waals surface area (Å²) in [5.74, 6) is 16.1. The van der Waals surface area contributed by atoms with Gasteiger partial charge < -0.3 is 9.47 Å². The largest absolute Gasteiger partial charge is 0.465 e. The van der Waals surface area contributed by atoms with Crippen LogP contribution in [0.1, 0.15) is 68.2 Å².